The molecule has 0 aliphatic carbocycles. The summed E-state index contributed by atoms with van der Waals surface area (Å²) in [4.78, 5) is 22.1. The Labute approximate surface area is 125 Å². The van der Waals surface area contributed by atoms with E-state index < -0.39 is 0 Å². The van der Waals surface area contributed by atoms with E-state index in [0.717, 1.165) is 17.5 Å². The molecule has 0 aliphatic heterocycles. The predicted octanol–water partition coefficient (Wildman–Crippen LogP) is 3.54. The third-order valence-electron chi connectivity index (χ3n) is 3.36. The smallest absolute Gasteiger partial charge is 0.134 e. The van der Waals surface area contributed by atoms with Gasteiger partial charge in [-0.2, -0.15) is 0 Å². The van der Waals surface area contributed by atoms with Crippen LogP contribution < -0.4 is 0 Å². The van der Waals surface area contributed by atoms with Gasteiger partial charge in [0.1, 0.15) is 11.6 Å². The topological polar surface area (TPSA) is 34.1 Å². The van der Waals surface area contributed by atoms with Crippen LogP contribution in [0.25, 0.3) is 0 Å². The van der Waals surface area contributed by atoms with Crippen molar-refractivity contribution in [1.82, 2.24) is 0 Å². The van der Waals surface area contributed by atoms with Crippen molar-refractivity contribution in [3.05, 3.63) is 70.8 Å². The van der Waals surface area contributed by atoms with Gasteiger partial charge in [0, 0.05) is 12.8 Å². The van der Waals surface area contributed by atoms with Gasteiger partial charge < -0.3 is 0 Å². The second-order valence-electron chi connectivity index (χ2n) is 5.57. The van der Waals surface area contributed by atoms with Crippen molar-refractivity contribution in [1.29, 1.82) is 0 Å². The Balaban J connectivity index is 2.01. The first-order valence-electron chi connectivity index (χ1n) is 7.17. The lowest BCUT2D eigenvalue weighted by Crippen LogP contribution is -1.97. The molecule has 0 unspecified atom stereocenters. The van der Waals surface area contributed by atoms with Gasteiger partial charge in [0.2, 0.25) is 0 Å². The van der Waals surface area contributed by atoms with Gasteiger partial charge in [-0.25, -0.2) is 0 Å². The first-order chi connectivity index (χ1) is 10.0. The minimum atomic E-state index is 0.184. The maximum atomic E-state index is 11.1. The summed E-state index contributed by atoms with van der Waals surface area (Å²) in [6.45, 7) is 3.22. The Morgan fingerprint density at radius 2 is 0.905 bits per heavy atom. The monoisotopic (exact) mass is 280 g/mol. The highest BCUT2D eigenvalue weighted by molar-refractivity contribution is 5.78. The summed E-state index contributed by atoms with van der Waals surface area (Å²) >= 11 is 0. The summed E-state index contributed by atoms with van der Waals surface area (Å²) in [6.07, 6.45) is 1.86. The summed E-state index contributed by atoms with van der Waals surface area (Å²) in [6, 6.07) is 16.3. The molecule has 2 nitrogen and oxygen atoms in total. The van der Waals surface area contributed by atoms with E-state index in [4.69, 9.17) is 0 Å². The van der Waals surface area contributed by atoms with Crippen LogP contribution in [0.2, 0.25) is 0 Å². The third-order valence-corrected chi connectivity index (χ3v) is 3.36. The van der Waals surface area contributed by atoms with Crippen LogP contribution >= 0.6 is 0 Å². The highest BCUT2D eigenvalue weighted by Gasteiger charge is 2.01. The standard InChI is InChI=1S/C19H20O2/c1-14(20)11-16-3-7-18(8-4-16)13-19-9-5-17(6-10-19)12-15(2)21/h3-10H,11-13H2,1-2H3. The number of carbonyl (C=O) groups excluding carboxylic acids is 2. The fourth-order valence-electron chi connectivity index (χ4n) is 2.36. The van der Waals surface area contributed by atoms with Gasteiger partial charge in [-0.3, -0.25) is 9.59 Å². The second-order valence-corrected chi connectivity index (χ2v) is 5.57. The second kappa shape index (κ2) is 6.98. The molecule has 0 fully saturated rings. The van der Waals surface area contributed by atoms with Crippen molar-refractivity contribution in [2.45, 2.75) is 33.1 Å². The van der Waals surface area contributed by atoms with Gasteiger partial charge >= 0.3 is 0 Å². The van der Waals surface area contributed by atoms with Crippen LogP contribution in [0.1, 0.15) is 36.1 Å². The van der Waals surface area contributed by atoms with Crippen molar-refractivity contribution >= 4 is 11.6 Å². The number of rotatable bonds is 6. The van der Waals surface area contributed by atoms with Crippen molar-refractivity contribution in [2.24, 2.45) is 0 Å². The summed E-state index contributed by atoms with van der Waals surface area (Å²) in [5, 5.41) is 0. The molecule has 0 atom stereocenters. The molecule has 0 saturated heterocycles. The lowest BCUT2D eigenvalue weighted by molar-refractivity contribution is -0.117. The molecule has 0 saturated carbocycles. The minimum absolute atomic E-state index is 0.184. The highest BCUT2D eigenvalue weighted by atomic mass is 16.1. The molecule has 0 radical (unpaired) electrons. The number of ketones is 2. The van der Waals surface area contributed by atoms with Crippen LogP contribution in [0, 0.1) is 0 Å². The van der Waals surface area contributed by atoms with Gasteiger partial charge in [-0.05, 0) is 42.5 Å². The maximum Gasteiger partial charge on any atom is 0.134 e. The molecular weight excluding hydrogens is 260 g/mol. The van der Waals surface area contributed by atoms with E-state index in [1.165, 1.54) is 11.1 Å². The molecule has 108 valence electrons. The van der Waals surface area contributed by atoms with Crippen LogP contribution in [-0.2, 0) is 28.9 Å². The van der Waals surface area contributed by atoms with E-state index in [2.05, 4.69) is 24.3 Å². The molecule has 21 heavy (non-hydrogen) atoms. The molecule has 2 rings (SSSR count). The molecule has 2 heteroatoms. The zero-order chi connectivity index (χ0) is 15.2. The SMILES string of the molecule is CC(=O)Cc1ccc(Cc2ccc(CC(C)=O)cc2)cc1. The van der Waals surface area contributed by atoms with Crippen molar-refractivity contribution in [3.8, 4) is 0 Å². The lowest BCUT2D eigenvalue weighted by Gasteiger charge is -2.05. The van der Waals surface area contributed by atoms with E-state index >= 15 is 0 Å². The number of hydrogen-bond acceptors (Lipinski definition) is 2. The zero-order valence-electron chi connectivity index (χ0n) is 12.6. The van der Waals surface area contributed by atoms with Gasteiger partial charge in [0.15, 0.2) is 0 Å². The minimum Gasteiger partial charge on any atom is -0.300 e. The number of benzene rings is 2. The molecule has 2 aromatic carbocycles. The predicted molar refractivity (Wildman–Crippen MR) is 84.5 cm³/mol. The van der Waals surface area contributed by atoms with Gasteiger partial charge in [0.05, 0.1) is 0 Å². The Morgan fingerprint density at radius 3 is 1.19 bits per heavy atom. The van der Waals surface area contributed by atoms with Crippen LogP contribution in [0.15, 0.2) is 48.5 Å². The van der Waals surface area contributed by atoms with Crippen LogP contribution in [0.3, 0.4) is 0 Å². The first-order valence-corrected chi connectivity index (χ1v) is 7.17. The van der Waals surface area contributed by atoms with Crippen molar-refractivity contribution < 1.29 is 9.59 Å². The molecule has 0 N–H and O–H groups in total. The maximum absolute atomic E-state index is 11.1. The van der Waals surface area contributed by atoms with Crippen molar-refractivity contribution in [2.75, 3.05) is 0 Å². The van der Waals surface area contributed by atoms with Crippen LogP contribution in [-0.4, -0.2) is 11.6 Å². The van der Waals surface area contributed by atoms with Crippen molar-refractivity contribution in [3.63, 3.8) is 0 Å². The fraction of sp³-hybridized carbons (Fsp3) is 0.263. The molecule has 0 bridgehead atoms. The number of Topliss-reactive ketones (excluding diaryl/α,β-unsaturated/α-hetero) is 2. The molecular formula is C19H20O2. The molecule has 0 aliphatic rings. The summed E-state index contributed by atoms with van der Waals surface area (Å²) in [7, 11) is 0. The molecule has 0 spiro atoms. The van der Waals surface area contributed by atoms with Gasteiger partial charge in [-0.1, -0.05) is 48.5 Å². The molecule has 0 amide bonds. The fourth-order valence-corrected chi connectivity index (χ4v) is 2.36. The van der Waals surface area contributed by atoms with Crippen LogP contribution in [0.5, 0.6) is 0 Å². The Kier molecular flexibility index (Phi) is 5.04. The van der Waals surface area contributed by atoms with E-state index in [9.17, 15) is 9.59 Å². The average molecular weight is 280 g/mol. The first kappa shape index (κ1) is 15.2. The Hall–Kier alpha value is -2.22. The van der Waals surface area contributed by atoms with Gasteiger partial charge in [-0.15, -0.1) is 0 Å². The number of carbonyl (C=O) groups is 2. The van der Waals surface area contributed by atoms with Crippen LogP contribution in [0.4, 0.5) is 0 Å². The molecule has 0 heterocycles. The molecule has 2 aromatic rings. The summed E-state index contributed by atoms with van der Waals surface area (Å²) in [5.74, 6) is 0.368. The van der Waals surface area contributed by atoms with E-state index in [-0.39, 0.29) is 11.6 Å². The Morgan fingerprint density at radius 1 is 0.619 bits per heavy atom. The van der Waals surface area contributed by atoms with E-state index in [1.807, 2.05) is 24.3 Å². The summed E-state index contributed by atoms with van der Waals surface area (Å²) < 4.78 is 0. The average Bonchev–Trinajstić information content (AvgIpc) is 2.42. The van der Waals surface area contributed by atoms with E-state index in [1.54, 1.807) is 13.8 Å². The number of hydrogen-bond donors (Lipinski definition) is 0. The van der Waals surface area contributed by atoms with E-state index in [0.29, 0.717) is 12.8 Å². The normalized spacial score (nSPS) is 10.4. The third kappa shape index (κ3) is 4.99. The Bertz CT molecular complexity index is 564. The summed E-state index contributed by atoms with van der Waals surface area (Å²) in [5.41, 5.74) is 4.56. The molecule has 0 aromatic heterocycles. The zero-order valence-corrected chi connectivity index (χ0v) is 12.6. The quantitative estimate of drug-likeness (QED) is 0.811. The highest BCUT2D eigenvalue weighted by Crippen LogP contribution is 2.13. The van der Waals surface area contributed by atoms with Gasteiger partial charge in [0.25, 0.3) is 0 Å². The lowest BCUT2D eigenvalue weighted by atomic mass is 10.00. The largest absolute Gasteiger partial charge is 0.300 e.